The summed E-state index contributed by atoms with van der Waals surface area (Å²) in [5, 5.41) is 7.38. The number of fused-ring (bicyclic) bond motifs is 1. The Morgan fingerprint density at radius 1 is 1.36 bits per heavy atom. The Morgan fingerprint density at radius 2 is 2.23 bits per heavy atom. The third-order valence-corrected chi connectivity index (χ3v) is 4.07. The Labute approximate surface area is 130 Å². The highest BCUT2D eigenvalue weighted by Crippen LogP contribution is 2.15. The van der Waals surface area contributed by atoms with Crippen LogP contribution < -0.4 is 10.6 Å². The molecule has 2 aromatic heterocycles. The predicted molar refractivity (Wildman–Crippen MR) is 86.7 cm³/mol. The van der Waals surface area contributed by atoms with Crippen LogP contribution in [-0.2, 0) is 11.2 Å². The molecule has 22 heavy (non-hydrogen) atoms. The average molecular weight is 301 g/mol. The molecule has 0 unspecified atom stereocenters. The molecule has 118 valence electrons. The molecule has 1 aliphatic rings. The van der Waals surface area contributed by atoms with Crippen LogP contribution in [0.3, 0.4) is 0 Å². The second kappa shape index (κ2) is 7.38. The number of hydrogen-bond donors (Lipinski definition) is 3. The molecule has 0 saturated carbocycles. The number of amides is 1. The SMILES string of the molecule is O=C(Cc1c[nH]c2ncccc12)NCCCN1CCNCC1. The highest BCUT2D eigenvalue weighted by atomic mass is 16.1. The molecular weight excluding hydrogens is 278 g/mol. The van der Waals surface area contributed by atoms with E-state index in [1.54, 1.807) is 6.20 Å². The van der Waals surface area contributed by atoms with E-state index in [1.807, 2.05) is 18.3 Å². The Kier molecular flexibility index (Phi) is 5.03. The van der Waals surface area contributed by atoms with Gasteiger partial charge in [0.2, 0.25) is 5.91 Å². The fourth-order valence-electron chi connectivity index (χ4n) is 2.86. The summed E-state index contributed by atoms with van der Waals surface area (Å²) in [6.07, 6.45) is 5.03. The zero-order valence-corrected chi connectivity index (χ0v) is 12.8. The lowest BCUT2D eigenvalue weighted by atomic mass is 10.1. The first-order chi connectivity index (χ1) is 10.8. The summed E-state index contributed by atoms with van der Waals surface area (Å²) in [5.74, 6) is 0.0741. The van der Waals surface area contributed by atoms with E-state index in [2.05, 4.69) is 25.5 Å². The van der Waals surface area contributed by atoms with Crippen LogP contribution in [0.5, 0.6) is 0 Å². The van der Waals surface area contributed by atoms with Crippen LogP contribution in [-0.4, -0.2) is 60.0 Å². The van der Waals surface area contributed by atoms with E-state index in [4.69, 9.17) is 0 Å². The highest BCUT2D eigenvalue weighted by molar-refractivity contribution is 5.86. The fourth-order valence-corrected chi connectivity index (χ4v) is 2.86. The lowest BCUT2D eigenvalue weighted by Gasteiger charge is -2.27. The number of piperazine rings is 1. The molecule has 3 rings (SSSR count). The van der Waals surface area contributed by atoms with E-state index in [0.29, 0.717) is 6.42 Å². The minimum atomic E-state index is 0.0741. The van der Waals surface area contributed by atoms with Gasteiger partial charge in [0.25, 0.3) is 0 Å². The average Bonchev–Trinajstić information content (AvgIpc) is 2.96. The molecule has 6 heteroatoms. The summed E-state index contributed by atoms with van der Waals surface area (Å²) >= 11 is 0. The van der Waals surface area contributed by atoms with Crippen LogP contribution in [0.15, 0.2) is 24.5 Å². The summed E-state index contributed by atoms with van der Waals surface area (Å²) < 4.78 is 0. The number of carbonyl (C=O) groups excluding carboxylic acids is 1. The normalized spacial score (nSPS) is 16.0. The number of pyridine rings is 1. The molecule has 2 aromatic rings. The summed E-state index contributed by atoms with van der Waals surface area (Å²) in [5.41, 5.74) is 1.84. The molecule has 0 bridgehead atoms. The van der Waals surface area contributed by atoms with Gasteiger partial charge in [0.15, 0.2) is 0 Å². The molecular formula is C16H23N5O. The van der Waals surface area contributed by atoms with Gasteiger partial charge in [-0.15, -0.1) is 0 Å². The smallest absolute Gasteiger partial charge is 0.224 e. The predicted octanol–water partition coefficient (Wildman–Crippen LogP) is 0.517. The Balaban J connectivity index is 1.41. The van der Waals surface area contributed by atoms with Gasteiger partial charge < -0.3 is 20.5 Å². The molecule has 0 aromatic carbocycles. The third kappa shape index (κ3) is 3.84. The van der Waals surface area contributed by atoms with E-state index in [1.165, 1.54) is 0 Å². The van der Waals surface area contributed by atoms with E-state index in [9.17, 15) is 4.79 Å². The van der Waals surface area contributed by atoms with E-state index >= 15 is 0 Å². The number of nitrogens with zero attached hydrogens (tertiary/aromatic N) is 2. The maximum atomic E-state index is 12.0. The molecule has 0 aliphatic carbocycles. The molecule has 0 radical (unpaired) electrons. The molecule has 3 heterocycles. The standard InChI is InChI=1S/C16H23N5O/c22-15(18-5-2-8-21-9-6-17-7-10-21)11-13-12-20-16-14(13)3-1-4-19-16/h1,3-4,12,17H,2,5-11H2,(H,18,22)(H,19,20). The molecule has 3 N–H and O–H groups in total. The van der Waals surface area contributed by atoms with Crippen molar-refractivity contribution in [3.63, 3.8) is 0 Å². The second-order valence-corrected chi connectivity index (χ2v) is 5.69. The van der Waals surface area contributed by atoms with E-state index < -0.39 is 0 Å². The van der Waals surface area contributed by atoms with Crippen molar-refractivity contribution in [1.29, 1.82) is 0 Å². The Hall–Kier alpha value is -1.92. The minimum absolute atomic E-state index is 0.0741. The van der Waals surface area contributed by atoms with Crippen molar-refractivity contribution < 1.29 is 4.79 Å². The van der Waals surface area contributed by atoms with Crippen molar-refractivity contribution in [2.45, 2.75) is 12.8 Å². The first-order valence-electron chi connectivity index (χ1n) is 7.94. The van der Waals surface area contributed by atoms with Gasteiger partial charge in [0.05, 0.1) is 6.42 Å². The Morgan fingerprint density at radius 3 is 3.09 bits per heavy atom. The first-order valence-corrected chi connectivity index (χ1v) is 7.94. The molecule has 0 spiro atoms. The maximum Gasteiger partial charge on any atom is 0.224 e. The number of aromatic amines is 1. The summed E-state index contributed by atoms with van der Waals surface area (Å²) in [7, 11) is 0. The van der Waals surface area contributed by atoms with Gasteiger partial charge in [-0.25, -0.2) is 4.98 Å². The van der Waals surface area contributed by atoms with E-state index in [-0.39, 0.29) is 5.91 Å². The number of aromatic nitrogens is 2. The number of carbonyl (C=O) groups is 1. The number of nitrogens with one attached hydrogen (secondary N) is 3. The van der Waals surface area contributed by atoms with Gasteiger partial charge in [-0.05, 0) is 30.7 Å². The first kappa shape index (κ1) is 15.0. The topological polar surface area (TPSA) is 73.0 Å². The van der Waals surface area contributed by atoms with Gasteiger partial charge in [-0.2, -0.15) is 0 Å². The molecule has 1 fully saturated rings. The van der Waals surface area contributed by atoms with Crippen LogP contribution in [0.4, 0.5) is 0 Å². The number of H-pyrrole nitrogens is 1. The van der Waals surface area contributed by atoms with Gasteiger partial charge in [-0.3, -0.25) is 4.79 Å². The van der Waals surface area contributed by atoms with Crippen molar-refractivity contribution >= 4 is 16.9 Å². The molecule has 1 saturated heterocycles. The summed E-state index contributed by atoms with van der Waals surface area (Å²) in [6.45, 7) is 6.15. The minimum Gasteiger partial charge on any atom is -0.356 e. The van der Waals surface area contributed by atoms with Crippen LogP contribution in [0.2, 0.25) is 0 Å². The third-order valence-electron chi connectivity index (χ3n) is 4.07. The van der Waals surface area contributed by atoms with Crippen LogP contribution in [0.25, 0.3) is 11.0 Å². The largest absolute Gasteiger partial charge is 0.356 e. The zero-order valence-electron chi connectivity index (χ0n) is 12.8. The quantitative estimate of drug-likeness (QED) is 0.680. The van der Waals surface area contributed by atoms with Crippen molar-refractivity contribution in [3.05, 3.63) is 30.1 Å². The molecule has 6 nitrogen and oxygen atoms in total. The monoisotopic (exact) mass is 301 g/mol. The van der Waals surface area contributed by atoms with Crippen molar-refractivity contribution in [2.24, 2.45) is 0 Å². The van der Waals surface area contributed by atoms with Crippen molar-refractivity contribution in [2.75, 3.05) is 39.3 Å². The maximum absolute atomic E-state index is 12.0. The lowest BCUT2D eigenvalue weighted by Crippen LogP contribution is -2.44. The second-order valence-electron chi connectivity index (χ2n) is 5.69. The number of rotatable bonds is 6. The fraction of sp³-hybridized carbons (Fsp3) is 0.500. The van der Waals surface area contributed by atoms with Gasteiger partial charge in [-0.1, -0.05) is 0 Å². The molecule has 0 atom stereocenters. The highest BCUT2D eigenvalue weighted by Gasteiger charge is 2.10. The molecule has 1 amide bonds. The molecule has 1 aliphatic heterocycles. The van der Waals surface area contributed by atoms with Crippen molar-refractivity contribution in [3.8, 4) is 0 Å². The Bertz CT molecular complexity index is 618. The zero-order chi connectivity index (χ0) is 15.2. The van der Waals surface area contributed by atoms with Crippen LogP contribution >= 0.6 is 0 Å². The van der Waals surface area contributed by atoms with Crippen LogP contribution in [0.1, 0.15) is 12.0 Å². The van der Waals surface area contributed by atoms with Gasteiger partial charge in [0.1, 0.15) is 5.65 Å². The van der Waals surface area contributed by atoms with Gasteiger partial charge in [0, 0.05) is 50.5 Å². The van der Waals surface area contributed by atoms with E-state index in [0.717, 1.165) is 62.3 Å². The number of hydrogen-bond acceptors (Lipinski definition) is 4. The lowest BCUT2D eigenvalue weighted by molar-refractivity contribution is -0.120. The summed E-state index contributed by atoms with van der Waals surface area (Å²) in [6, 6.07) is 3.89. The van der Waals surface area contributed by atoms with Crippen molar-refractivity contribution in [1.82, 2.24) is 25.5 Å². The van der Waals surface area contributed by atoms with Crippen LogP contribution in [0, 0.1) is 0 Å². The van der Waals surface area contributed by atoms with Gasteiger partial charge >= 0.3 is 0 Å². The summed E-state index contributed by atoms with van der Waals surface area (Å²) in [4.78, 5) is 21.8.